The molecule has 0 saturated heterocycles. The van der Waals surface area contributed by atoms with Gasteiger partial charge < -0.3 is 0 Å². The summed E-state index contributed by atoms with van der Waals surface area (Å²) in [5, 5.41) is 0. The Balaban J connectivity index is 1.01. The molecule has 0 bridgehead atoms. The first-order valence-corrected chi connectivity index (χ1v) is 18.4. The van der Waals surface area contributed by atoms with E-state index in [1.165, 1.54) is 83.5 Å². The molecule has 1 unspecified atom stereocenters. The Morgan fingerprint density at radius 1 is 0.569 bits per heavy atom. The molecule has 7 aromatic carbocycles. The highest BCUT2D eigenvalue weighted by atomic mass is 14.4. The van der Waals surface area contributed by atoms with E-state index in [4.69, 9.17) is 0 Å². The summed E-state index contributed by atoms with van der Waals surface area (Å²) in [5.74, 6) is 0.386. The molecule has 0 amide bonds. The minimum atomic E-state index is 0.00779. The van der Waals surface area contributed by atoms with Gasteiger partial charge in [0.25, 0.3) is 0 Å². The summed E-state index contributed by atoms with van der Waals surface area (Å²) >= 11 is 0. The molecule has 9 rings (SSSR count). The molecule has 0 aliphatic heterocycles. The van der Waals surface area contributed by atoms with Crippen LogP contribution in [-0.4, -0.2) is 0 Å². The van der Waals surface area contributed by atoms with E-state index in [9.17, 15) is 0 Å². The maximum absolute atomic E-state index is 2.43. The van der Waals surface area contributed by atoms with Gasteiger partial charge in [-0.3, -0.25) is 0 Å². The highest BCUT2D eigenvalue weighted by Crippen LogP contribution is 2.49. The lowest BCUT2D eigenvalue weighted by atomic mass is 9.82. The molecule has 2 aliphatic carbocycles. The summed E-state index contributed by atoms with van der Waals surface area (Å²) in [5.41, 5.74) is 20.3. The van der Waals surface area contributed by atoms with E-state index in [2.05, 4.69) is 190 Å². The van der Waals surface area contributed by atoms with Crippen molar-refractivity contribution in [1.82, 2.24) is 0 Å². The average molecular weight is 655 g/mol. The van der Waals surface area contributed by atoms with Gasteiger partial charge in [0.2, 0.25) is 0 Å². The van der Waals surface area contributed by atoms with Crippen LogP contribution in [0.25, 0.3) is 45.0 Å². The number of benzene rings is 7. The first kappa shape index (κ1) is 31.3. The van der Waals surface area contributed by atoms with Gasteiger partial charge in [-0.2, -0.15) is 0 Å². The van der Waals surface area contributed by atoms with Crippen molar-refractivity contribution in [3.05, 3.63) is 214 Å². The number of hydrogen-bond donors (Lipinski definition) is 0. The maximum Gasteiger partial charge on any atom is 0.0158 e. The summed E-state index contributed by atoms with van der Waals surface area (Å²) in [6.45, 7) is 4.70. The Labute approximate surface area is 302 Å². The van der Waals surface area contributed by atoms with Crippen LogP contribution in [0.1, 0.15) is 70.7 Å². The van der Waals surface area contributed by atoms with E-state index in [-0.39, 0.29) is 5.41 Å². The van der Waals surface area contributed by atoms with Crippen LogP contribution >= 0.6 is 0 Å². The molecule has 246 valence electrons. The molecule has 2 aliphatic rings. The van der Waals surface area contributed by atoms with E-state index in [1.807, 2.05) is 0 Å². The fraction of sp³-hybridized carbons (Fsp3) is 0.137. The van der Waals surface area contributed by atoms with E-state index in [1.54, 1.807) is 0 Å². The van der Waals surface area contributed by atoms with Crippen LogP contribution in [0.15, 0.2) is 170 Å². The van der Waals surface area contributed by atoms with Crippen LogP contribution in [-0.2, 0) is 18.3 Å². The second kappa shape index (κ2) is 12.9. The third-order valence-corrected chi connectivity index (χ3v) is 11.4. The molecular weight excluding hydrogens is 613 g/mol. The van der Waals surface area contributed by atoms with Crippen molar-refractivity contribution in [2.75, 3.05) is 0 Å². The van der Waals surface area contributed by atoms with Crippen LogP contribution in [0.2, 0.25) is 0 Å². The van der Waals surface area contributed by atoms with Gasteiger partial charge in [0.15, 0.2) is 0 Å². The van der Waals surface area contributed by atoms with Crippen molar-refractivity contribution in [2.24, 2.45) is 0 Å². The quantitative estimate of drug-likeness (QED) is 0.157. The second-order valence-corrected chi connectivity index (χ2v) is 14.8. The van der Waals surface area contributed by atoms with Gasteiger partial charge in [-0.05, 0) is 109 Å². The van der Waals surface area contributed by atoms with Gasteiger partial charge in [0, 0.05) is 11.3 Å². The lowest BCUT2D eigenvalue weighted by molar-refractivity contribution is 0.660. The number of aryl methyl sites for hydroxylation is 1. The molecule has 0 N–H and O–H groups in total. The van der Waals surface area contributed by atoms with E-state index in [0.29, 0.717) is 5.92 Å². The van der Waals surface area contributed by atoms with E-state index >= 15 is 0 Å². The Morgan fingerprint density at radius 3 is 1.98 bits per heavy atom. The molecule has 0 heterocycles. The van der Waals surface area contributed by atoms with Gasteiger partial charge in [0.1, 0.15) is 0 Å². The number of fused-ring (bicyclic) bond motifs is 6. The first-order chi connectivity index (χ1) is 25.0. The number of allylic oxidation sites excluding steroid dienone is 1. The van der Waals surface area contributed by atoms with Gasteiger partial charge in [-0.25, -0.2) is 0 Å². The molecular formula is C51H42. The minimum Gasteiger partial charge on any atom is -0.0622 e. The van der Waals surface area contributed by atoms with Crippen LogP contribution in [0, 0.1) is 0 Å². The van der Waals surface area contributed by atoms with Crippen LogP contribution in [0.3, 0.4) is 0 Å². The second-order valence-electron chi connectivity index (χ2n) is 14.8. The van der Waals surface area contributed by atoms with Crippen molar-refractivity contribution in [3.63, 3.8) is 0 Å². The summed E-state index contributed by atoms with van der Waals surface area (Å²) in [6, 6.07) is 63.3. The van der Waals surface area contributed by atoms with Gasteiger partial charge in [0.05, 0.1) is 0 Å². The van der Waals surface area contributed by atoms with Crippen molar-refractivity contribution >= 4 is 11.6 Å². The molecule has 0 saturated carbocycles. The van der Waals surface area contributed by atoms with Crippen molar-refractivity contribution in [3.8, 4) is 33.4 Å². The third-order valence-electron chi connectivity index (χ3n) is 11.4. The third kappa shape index (κ3) is 5.75. The Hall–Kier alpha value is -5.72. The van der Waals surface area contributed by atoms with E-state index in [0.717, 1.165) is 19.3 Å². The topological polar surface area (TPSA) is 0 Å². The lowest BCUT2D eigenvalue weighted by Gasteiger charge is -2.21. The van der Waals surface area contributed by atoms with Gasteiger partial charge in [-0.15, -0.1) is 0 Å². The van der Waals surface area contributed by atoms with Gasteiger partial charge >= 0.3 is 0 Å². The molecule has 0 spiro atoms. The summed E-state index contributed by atoms with van der Waals surface area (Å²) in [4.78, 5) is 0. The molecule has 0 aromatic heterocycles. The highest BCUT2D eigenvalue weighted by Gasteiger charge is 2.35. The average Bonchev–Trinajstić information content (AvgIpc) is 3.29. The van der Waals surface area contributed by atoms with Crippen LogP contribution < -0.4 is 0 Å². The first-order valence-electron chi connectivity index (χ1n) is 18.4. The Bertz CT molecular complexity index is 2390. The highest BCUT2D eigenvalue weighted by molar-refractivity contribution is 5.88. The Kier molecular flexibility index (Phi) is 7.89. The lowest BCUT2D eigenvalue weighted by Crippen LogP contribution is -2.14. The summed E-state index contributed by atoms with van der Waals surface area (Å²) in [6.07, 6.45) is 5.47. The summed E-state index contributed by atoms with van der Waals surface area (Å²) in [7, 11) is 0. The zero-order chi connectivity index (χ0) is 34.4. The van der Waals surface area contributed by atoms with Crippen LogP contribution in [0.5, 0.6) is 0 Å². The van der Waals surface area contributed by atoms with E-state index < -0.39 is 0 Å². The Morgan fingerprint density at radius 2 is 1.20 bits per heavy atom. The SMILES string of the molecule is CC1(C)c2ccccc2-c2cc(/C(=C\c3ccc(-c4ccc(C5CCc6ccccc6-c6ccccc65)cc4)cc3)Cc3ccccc3)ccc21. The maximum atomic E-state index is 2.43. The molecule has 0 nitrogen and oxygen atoms in total. The standard InChI is InChI=1S/C51H42/c1-51(2)49-19-11-10-18-47(49)48-34-41(29-31-50(48)51)42(32-35-12-4-3-5-13-35)33-36-20-22-37(23-21-36)38-24-26-40(27-25-38)44-30-28-39-14-6-7-15-43(39)45-16-8-9-17-46(44)45/h3-27,29,31,33-34,44H,28,30,32H2,1-2H3/b42-33-. The van der Waals surface area contributed by atoms with Gasteiger partial charge in [-0.1, -0.05) is 184 Å². The largest absolute Gasteiger partial charge is 0.0622 e. The molecule has 0 fully saturated rings. The number of hydrogen-bond acceptors (Lipinski definition) is 0. The minimum absolute atomic E-state index is 0.00779. The molecule has 0 heteroatoms. The van der Waals surface area contributed by atoms with Crippen LogP contribution in [0.4, 0.5) is 0 Å². The molecule has 7 aromatic rings. The fourth-order valence-electron chi connectivity index (χ4n) is 8.70. The smallest absolute Gasteiger partial charge is 0.0158 e. The predicted molar refractivity (Wildman–Crippen MR) is 216 cm³/mol. The monoisotopic (exact) mass is 654 g/mol. The summed E-state index contributed by atoms with van der Waals surface area (Å²) < 4.78 is 0. The molecule has 51 heavy (non-hydrogen) atoms. The number of rotatable bonds is 6. The molecule has 0 radical (unpaired) electrons. The molecule has 1 atom stereocenters. The van der Waals surface area contributed by atoms with Crippen molar-refractivity contribution in [1.29, 1.82) is 0 Å². The predicted octanol–water partition coefficient (Wildman–Crippen LogP) is 13.2. The van der Waals surface area contributed by atoms with Crippen molar-refractivity contribution < 1.29 is 0 Å². The normalized spacial score (nSPS) is 15.6. The fourth-order valence-corrected chi connectivity index (χ4v) is 8.70. The zero-order valence-corrected chi connectivity index (χ0v) is 29.4. The van der Waals surface area contributed by atoms with Crippen molar-refractivity contribution in [2.45, 2.75) is 44.4 Å². The zero-order valence-electron chi connectivity index (χ0n) is 29.4.